The zero-order chi connectivity index (χ0) is 8.01. The van der Waals surface area contributed by atoms with Gasteiger partial charge in [0, 0.05) is 5.56 Å². The van der Waals surface area contributed by atoms with Gasteiger partial charge in [0.25, 0.3) is 5.56 Å². The number of nitrogens with zero attached hydrogens (tertiary/aromatic N) is 2. The molecule has 0 spiro atoms. The van der Waals surface area contributed by atoms with E-state index in [-0.39, 0.29) is 0 Å². The van der Waals surface area contributed by atoms with E-state index in [1.54, 1.807) is 6.92 Å². The van der Waals surface area contributed by atoms with Crippen LogP contribution < -0.4 is 21.2 Å². The Kier molecular flexibility index (Phi) is 0.906. The average molecular weight is 156 g/mol. The lowest BCUT2D eigenvalue weighted by Crippen LogP contribution is -2.34. The van der Waals surface area contributed by atoms with Crippen LogP contribution in [0.15, 0.2) is 15.8 Å². The molecule has 0 fully saturated rings. The van der Waals surface area contributed by atoms with E-state index in [9.17, 15) is 9.59 Å². The topological polar surface area (TPSA) is 62.5 Å². The molecule has 0 atom stereocenters. The van der Waals surface area contributed by atoms with Gasteiger partial charge in [-0.05, 0) is 11.7 Å². The van der Waals surface area contributed by atoms with Crippen LogP contribution in [0.25, 0.3) is 0 Å². The summed E-state index contributed by atoms with van der Waals surface area (Å²) in [6.45, 7) is 1.56. The molecule has 0 amide bonds. The second-order valence-corrected chi connectivity index (χ2v) is 2.17. The summed E-state index contributed by atoms with van der Waals surface area (Å²) < 4.78 is 1.39. The number of aromatic nitrogens is 2. The first kappa shape index (κ1) is 6.02. The van der Waals surface area contributed by atoms with Crippen molar-refractivity contribution in [3.63, 3.8) is 0 Å². The molecule has 2 heterocycles. The van der Waals surface area contributed by atoms with Crippen LogP contribution in [0.5, 0.6) is 0 Å². The Balaban J connectivity index is 2.98. The third-order valence-corrected chi connectivity index (χ3v) is 1.38. The van der Waals surface area contributed by atoms with E-state index in [1.165, 1.54) is 6.20 Å². The van der Waals surface area contributed by atoms with Gasteiger partial charge in [0.15, 0.2) is 0 Å². The summed E-state index contributed by atoms with van der Waals surface area (Å²) in [6, 6.07) is 0. The molecule has 6 nitrogen and oxygen atoms in total. The second kappa shape index (κ2) is 1.66. The summed E-state index contributed by atoms with van der Waals surface area (Å²) in [7, 11) is 0. The largest absolute Gasteiger partial charge is 0.405 e. The van der Waals surface area contributed by atoms with Crippen molar-refractivity contribution in [2.24, 2.45) is 0 Å². The zero-order valence-electron chi connectivity index (χ0n) is 5.60. The van der Waals surface area contributed by atoms with Gasteiger partial charge in [-0.3, -0.25) is 4.79 Å². The number of aryl methyl sites for hydroxylation is 1. The lowest BCUT2D eigenvalue weighted by atomic mass is 10.4. The van der Waals surface area contributed by atoms with E-state index in [2.05, 4.69) is 9.98 Å². The first-order valence-corrected chi connectivity index (χ1v) is 2.91. The maximum Gasteiger partial charge on any atom is 0.405 e. The van der Waals surface area contributed by atoms with E-state index in [4.69, 9.17) is 0 Å². The number of hydrogen-bond donors (Lipinski definition) is 0. The molecular formula is C5H4N2O4. The quantitative estimate of drug-likeness (QED) is 0.412. The van der Waals surface area contributed by atoms with Crippen molar-refractivity contribution in [1.82, 2.24) is 9.46 Å². The molecular weight excluding hydrogens is 152 g/mol. The van der Waals surface area contributed by atoms with Gasteiger partial charge >= 0.3 is 5.69 Å². The summed E-state index contributed by atoms with van der Waals surface area (Å²) in [5.41, 5.74) is -0.730. The van der Waals surface area contributed by atoms with E-state index < -0.39 is 11.2 Å². The lowest BCUT2D eigenvalue weighted by Gasteiger charge is -1.86. The second-order valence-electron chi connectivity index (χ2n) is 2.17. The van der Waals surface area contributed by atoms with Crippen LogP contribution in [0, 0.1) is 6.92 Å². The van der Waals surface area contributed by atoms with Gasteiger partial charge in [0.05, 0.1) is 6.20 Å². The molecule has 1 aliphatic heterocycles. The van der Waals surface area contributed by atoms with Gasteiger partial charge in [-0.25, -0.2) is 4.79 Å². The first-order valence-electron chi connectivity index (χ1n) is 2.91. The fourth-order valence-corrected chi connectivity index (χ4v) is 0.811. The summed E-state index contributed by atoms with van der Waals surface area (Å²) in [4.78, 5) is 30.5. The Labute approximate surface area is 60.0 Å². The third kappa shape index (κ3) is 0.603. The van der Waals surface area contributed by atoms with Crippen LogP contribution >= 0.6 is 0 Å². The molecule has 0 unspecified atom stereocenters. The highest BCUT2D eigenvalue weighted by atomic mass is 17.3. The fourth-order valence-electron chi connectivity index (χ4n) is 0.811. The highest BCUT2D eigenvalue weighted by molar-refractivity contribution is 5.01. The lowest BCUT2D eigenvalue weighted by molar-refractivity contribution is -0.259. The molecule has 1 aromatic heterocycles. The number of rotatable bonds is 0. The summed E-state index contributed by atoms with van der Waals surface area (Å²) in [5.74, 6) is 0. The van der Waals surface area contributed by atoms with E-state index in [0.29, 0.717) is 10.3 Å². The molecule has 58 valence electrons. The Bertz CT molecular complexity index is 415. The van der Waals surface area contributed by atoms with Crippen LogP contribution in [0.2, 0.25) is 0 Å². The Morgan fingerprint density at radius 3 is 2.82 bits per heavy atom. The SMILES string of the molecule is Cc1cn2c(=O)n(c1=O)OO2. The first-order chi connectivity index (χ1) is 5.20. The van der Waals surface area contributed by atoms with E-state index in [1.807, 2.05) is 0 Å². The maximum absolute atomic E-state index is 11.0. The molecule has 0 N–H and O–H groups in total. The van der Waals surface area contributed by atoms with Gasteiger partial charge in [0.2, 0.25) is 0 Å². The van der Waals surface area contributed by atoms with E-state index >= 15 is 0 Å². The van der Waals surface area contributed by atoms with Gasteiger partial charge in [-0.1, -0.05) is 4.73 Å². The predicted octanol–water partition coefficient (Wildman–Crippen LogP) is -1.90. The van der Waals surface area contributed by atoms with Crippen LogP contribution in [-0.4, -0.2) is 9.46 Å². The van der Waals surface area contributed by atoms with Gasteiger partial charge < -0.3 is 0 Å². The van der Waals surface area contributed by atoms with Crippen molar-refractivity contribution < 1.29 is 9.98 Å². The number of fused-ring (bicyclic) bond motifs is 2. The minimum absolute atomic E-state index is 0.391. The number of hydrogen-bond acceptors (Lipinski definition) is 4. The summed E-state index contributed by atoms with van der Waals surface area (Å²) in [6.07, 6.45) is 1.27. The Morgan fingerprint density at radius 1 is 1.36 bits per heavy atom. The van der Waals surface area contributed by atoms with Gasteiger partial charge in [-0.15, -0.1) is 0 Å². The molecule has 1 aliphatic rings. The Morgan fingerprint density at radius 2 is 2.09 bits per heavy atom. The molecule has 0 aromatic carbocycles. The molecule has 2 bridgehead atoms. The molecule has 0 saturated carbocycles. The minimum atomic E-state index is -0.624. The van der Waals surface area contributed by atoms with Crippen molar-refractivity contribution in [3.05, 3.63) is 32.6 Å². The minimum Gasteiger partial charge on any atom is -0.265 e. The molecule has 0 aliphatic carbocycles. The zero-order valence-corrected chi connectivity index (χ0v) is 5.60. The highest BCUT2D eigenvalue weighted by Crippen LogP contribution is 1.86. The van der Waals surface area contributed by atoms with Crippen molar-refractivity contribution in [2.75, 3.05) is 0 Å². The van der Waals surface area contributed by atoms with Gasteiger partial charge in [-0.2, -0.15) is 9.98 Å². The standard InChI is InChI=1S/C5H4N2O4/c1-3-2-6-5(9)7(4(3)8)11-10-6/h2H,1H3. The average Bonchev–Trinajstić information content (AvgIpc) is 2.23. The van der Waals surface area contributed by atoms with E-state index in [0.717, 1.165) is 4.73 Å². The highest BCUT2D eigenvalue weighted by Gasteiger charge is 2.18. The smallest absolute Gasteiger partial charge is 0.265 e. The molecule has 6 heteroatoms. The normalized spacial score (nSPS) is 12.5. The Hall–Kier alpha value is -1.72. The van der Waals surface area contributed by atoms with Crippen LogP contribution in [-0.2, 0) is 0 Å². The molecule has 2 rings (SSSR count). The summed E-state index contributed by atoms with van der Waals surface area (Å²) in [5, 5.41) is 0. The van der Waals surface area contributed by atoms with Crippen molar-refractivity contribution in [3.8, 4) is 0 Å². The fraction of sp³-hybridized carbons (Fsp3) is 0.200. The van der Waals surface area contributed by atoms with Crippen molar-refractivity contribution >= 4 is 0 Å². The molecule has 0 saturated heterocycles. The van der Waals surface area contributed by atoms with Crippen LogP contribution in [0.1, 0.15) is 5.56 Å². The monoisotopic (exact) mass is 156 g/mol. The van der Waals surface area contributed by atoms with Crippen LogP contribution in [0.4, 0.5) is 0 Å². The predicted molar refractivity (Wildman–Crippen MR) is 32.9 cm³/mol. The van der Waals surface area contributed by atoms with Crippen molar-refractivity contribution in [1.29, 1.82) is 0 Å². The van der Waals surface area contributed by atoms with Crippen LogP contribution in [0.3, 0.4) is 0 Å². The third-order valence-electron chi connectivity index (χ3n) is 1.38. The molecule has 11 heavy (non-hydrogen) atoms. The van der Waals surface area contributed by atoms with Gasteiger partial charge in [0.1, 0.15) is 0 Å². The molecule has 1 aromatic rings. The maximum atomic E-state index is 11.0. The summed E-state index contributed by atoms with van der Waals surface area (Å²) >= 11 is 0. The van der Waals surface area contributed by atoms with Crippen molar-refractivity contribution in [2.45, 2.75) is 6.92 Å². The molecule has 0 radical (unpaired) electrons.